The molecule has 1 atom stereocenters. The number of hydrogen-bond donors (Lipinski definition) is 0. The summed E-state index contributed by atoms with van der Waals surface area (Å²) in [7, 11) is 0. The lowest BCUT2D eigenvalue weighted by Gasteiger charge is -2.25. The summed E-state index contributed by atoms with van der Waals surface area (Å²) in [6.07, 6.45) is 9.57. The first-order chi connectivity index (χ1) is 5.34. The summed E-state index contributed by atoms with van der Waals surface area (Å²) < 4.78 is 0. The van der Waals surface area contributed by atoms with Gasteiger partial charge in [0.2, 0.25) is 0 Å². The molecule has 0 bridgehead atoms. The molecule has 0 aromatic rings. The van der Waals surface area contributed by atoms with Gasteiger partial charge in [0.1, 0.15) is 0 Å². The van der Waals surface area contributed by atoms with Crippen molar-refractivity contribution in [3.8, 4) is 0 Å². The molecule has 11 heavy (non-hydrogen) atoms. The maximum Gasteiger partial charge on any atom is 0.0174 e. The van der Waals surface area contributed by atoms with E-state index in [1.165, 1.54) is 38.5 Å². The zero-order chi connectivity index (χ0) is 8.10. The van der Waals surface area contributed by atoms with Crippen molar-refractivity contribution in [3.05, 3.63) is 6.92 Å². The molecule has 1 radical (unpaired) electrons. The molecule has 0 aliphatic heterocycles. The lowest BCUT2D eigenvalue weighted by atomic mass is 9.86. The molecule has 1 heteroatoms. The van der Waals surface area contributed by atoms with Crippen molar-refractivity contribution in [2.75, 3.05) is 0 Å². The van der Waals surface area contributed by atoms with Gasteiger partial charge in [-0.25, -0.2) is 0 Å². The van der Waals surface area contributed by atoms with Crippen LogP contribution in [0.4, 0.5) is 0 Å². The fraction of sp³-hybridized carbons (Fsp3) is 0.900. The monoisotopic (exact) mass is 217 g/mol. The quantitative estimate of drug-likeness (QED) is 0.629. The van der Waals surface area contributed by atoms with Crippen LogP contribution in [-0.2, 0) is 0 Å². The Morgan fingerprint density at radius 2 is 1.91 bits per heavy atom. The van der Waals surface area contributed by atoms with E-state index >= 15 is 0 Å². The first-order valence-corrected chi connectivity index (χ1v) is 5.69. The largest absolute Gasteiger partial charge is 0.0888 e. The summed E-state index contributed by atoms with van der Waals surface area (Å²) in [5.41, 5.74) is 0. The van der Waals surface area contributed by atoms with Crippen LogP contribution in [0.15, 0.2) is 0 Å². The van der Waals surface area contributed by atoms with Crippen molar-refractivity contribution in [1.29, 1.82) is 0 Å². The normalized spacial score (nSPS) is 23.5. The van der Waals surface area contributed by atoms with E-state index in [4.69, 9.17) is 0 Å². The van der Waals surface area contributed by atoms with Crippen LogP contribution in [0.3, 0.4) is 0 Å². The molecule has 0 nitrogen and oxygen atoms in total. The van der Waals surface area contributed by atoms with Crippen molar-refractivity contribution in [1.82, 2.24) is 0 Å². The lowest BCUT2D eigenvalue weighted by Crippen LogP contribution is -2.17. The van der Waals surface area contributed by atoms with Crippen molar-refractivity contribution in [2.45, 2.75) is 49.8 Å². The van der Waals surface area contributed by atoms with Gasteiger partial charge in [-0.2, -0.15) is 0 Å². The second-order valence-electron chi connectivity index (χ2n) is 3.56. The number of alkyl halides is 1. The smallest absolute Gasteiger partial charge is 0.0174 e. The molecular weight excluding hydrogens is 200 g/mol. The first kappa shape index (κ1) is 9.57. The summed E-state index contributed by atoms with van der Waals surface area (Å²) in [6, 6.07) is 0. The second-order valence-corrected chi connectivity index (χ2v) is 4.73. The Bertz CT molecular complexity index is 95.0. The highest BCUT2D eigenvalue weighted by Gasteiger charge is 2.19. The van der Waals surface area contributed by atoms with Gasteiger partial charge in [-0.1, -0.05) is 48.5 Å². The fourth-order valence-corrected chi connectivity index (χ4v) is 2.78. The molecule has 1 aliphatic rings. The van der Waals surface area contributed by atoms with Gasteiger partial charge in [0.25, 0.3) is 0 Å². The van der Waals surface area contributed by atoms with Crippen LogP contribution in [0.1, 0.15) is 44.9 Å². The van der Waals surface area contributed by atoms with E-state index in [9.17, 15) is 0 Å². The van der Waals surface area contributed by atoms with Crippen molar-refractivity contribution < 1.29 is 0 Å². The van der Waals surface area contributed by atoms with Crippen LogP contribution < -0.4 is 0 Å². The van der Waals surface area contributed by atoms with Crippen LogP contribution in [0.2, 0.25) is 0 Å². The topological polar surface area (TPSA) is 0 Å². The van der Waals surface area contributed by atoms with Crippen LogP contribution in [0, 0.1) is 12.8 Å². The van der Waals surface area contributed by atoms with E-state index < -0.39 is 0 Å². The molecule has 0 heterocycles. The zero-order valence-electron chi connectivity index (χ0n) is 7.19. The molecule has 65 valence electrons. The molecular formula is C10H18Br. The first-order valence-electron chi connectivity index (χ1n) is 4.78. The van der Waals surface area contributed by atoms with Crippen LogP contribution in [-0.4, -0.2) is 4.83 Å². The standard InChI is InChI=1S/C10H18Br/c1-2-6-10(11)9-7-4-3-5-8-9/h9-10H,1-8H2. The minimum Gasteiger partial charge on any atom is -0.0888 e. The van der Waals surface area contributed by atoms with E-state index in [-0.39, 0.29) is 0 Å². The summed E-state index contributed by atoms with van der Waals surface area (Å²) in [5, 5.41) is 0. The third-order valence-corrected chi connectivity index (χ3v) is 3.85. The van der Waals surface area contributed by atoms with Crippen molar-refractivity contribution in [2.24, 2.45) is 5.92 Å². The molecule has 0 amide bonds. The molecule has 1 fully saturated rings. The number of rotatable bonds is 3. The van der Waals surface area contributed by atoms with Gasteiger partial charge in [-0.15, -0.1) is 0 Å². The molecule has 1 saturated carbocycles. The predicted molar refractivity (Wildman–Crippen MR) is 53.9 cm³/mol. The van der Waals surface area contributed by atoms with Crippen molar-refractivity contribution >= 4 is 15.9 Å². The summed E-state index contributed by atoms with van der Waals surface area (Å²) in [5.74, 6) is 0.950. The highest BCUT2D eigenvalue weighted by molar-refractivity contribution is 9.09. The lowest BCUT2D eigenvalue weighted by molar-refractivity contribution is 0.345. The van der Waals surface area contributed by atoms with E-state index in [0.29, 0.717) is 0 Å². The molecule has 1 unspecified atom stereocenters. The highest BCUT2D eigenvalue weighted by atomic mass is 79.9. The molecule has 0 aromatic carbocycles. The Morgan fingerprint density at radius 3 is 2.45 bits per heavy atom. The number of hydrogen-bond acceptors (Lipinski definition) is 0. The number of halogens is 1. The van der Waals surface area contributed by atoms with E-state index in [1.807, 2.05) is 0 Å². The SMILES string of the molecule is [CH2]CCC(Br)C1CCCCC1. The maximum absolute atomic E-state index is 3.89. The summed E-state index contributed by atoms with van der Waals surface area (Å²) >= 11 is 3.76. The van der Waals surface area contributed by atoms with Gasteiger partial charge in [0.05, 0.1) is 0 Å². The molecule has 1 rings (SSSR count). The third-order valence-electron chi connectivity index (χ3n) is 2.64. The summed E-state index contributed by atoms with van der Waals surface area (Å²) in [4.78, 5) is 0.750. The predicted octanol–water partition coefficient (Wildman–Crippen LogP) is 3.94. The van der Waals surface area contributed by atoms with E-state index in [0.717, 1.165) is 17.2 Å². The third kappa shape index (κ3) is 3.14. The highest BCUT2D eigenvalue weighted by Crippen LogP contribution is 2.31. The Morgan fingerprint density at radius 1 is 1.27 bits per heavy atom. The van der Waals surface area contributed by atoms with Gasteiger partial charge in [0, 0.05) is 4.83 Å². The Hall–Kier alpha value is 0.480. The zero-order valence-corrected chi connectivity index (χ0v) is 8.78. The molecule has 0 N–H and O–H groups in total. The Kier molecular flexibility index (Phi) is 4.51. The van der Waals surface area contributed by atoms with Gasteiger partial charge in [-0.05, 0) is 25.2 Å². The van der Waals surface area contributed by atoms with Crippen LogP contribution in [0.25, 0.3) is 0 Å². The molecule has 1 aliphatic carbocycles. The van der Waals surface area contributed by atoms with Crippen molar-refractivity contribution in [3.63, 3.8) is 0 Å². The van der Waals surface area contributed by atoms with Gasteiger partial charge in [-0.3, -0.25) is 0 Å². The van der Waals surface area contributed by atoms with E-state index in [2.05, 4.69) is 22.9 Å². The average molecular weight is 218 g/mol. The molecule has 0 saturated heterocycles. The minimum atomic E-state index is 0.750. The maximum atomic E-state index is 3.89. The molecule has 0 spiro atoms. The van der Waals surface area contributed by atoms with Gasteiger partial charge >= 0.3 is 0 Å². The van der Waals surface area contributed by atoms with E-state index in [1.54, 1.807) is 0 Å². The second kappa shape index (κ2) is 5.18. The Labute approximate surface area is 78.9 Å². The van der Waals surface area contributed by atoms with Crippen LogP contribution in [0.5, 0.6) is 0 Å². The summed E-state index contributed by atoms with van der Waals surface area (Å²) in [6.45, 7) is 3.89. The molecule has 0 aromatic heterocycles. The fourth-order valence-electron chi connectivity index (χ4n) is 1.93. The van der Waals surface area contributed by atoms with Crippen LogP contribution >= 0.6 is 15.9 Å². The average Bonchev–Trinajstić information content (AvgIpc) is 2.07. The minimum absolute atomic E-state index is 0.750. The Balaban J connectivity index is 2.21. The van der Waals surface area contributed by atoms with Gasteiger partial charge in [0.15, 0.2) is 0 Å². The van der Waals surface area contributed by atoms with Gasteiger partial charge < -0.3 is 0 Å².